The first kappa shape index (κ1) is 33.0. The smallest absolute Gasteiger partial charge is 0.262 e. The van der Waals surface area contributed by atoms with Gasteiger partial charge in [-0.3, -0.25) is 14.4 Å². The van der Waals surface area contributed by atoms with Crippen molar-refractivity contribution in [1.29, 1.82) is 0 Å². The summed E-state index contributed by atoms with van der Waals surface area (Å²) < 4.78 is 6.60. The van der Waals surface area contributed by atoms with Gasteiger partial charge in [-0.25, -0.2) is 0 Å². The molecular formula is C40H43BrN2O4. The van der Waals surface area contributed by atoms with Crippen LogP contribution in [0.4, 0.5) is 5.69 Å². The highest BCUT2D eigenvalue weighted by atomic mass is 79.9. The molecular weight excluding hydrogens is 652 g/mol. The minimum Gasteiger partial charge on any atom is -0.483 e. The van der Waals surface area contributed by atoms with Crippen LogP contribution in [0.15, 0.2) is 99.8 Å². The topological polar surface area (TPSA) is 75.7 Å². The van der Waals surface area contributed by atoms with Crippen LogP contribution in [0.3, 0.4) is 0 Å². The van der Waals surface area contributed by atoms with Crippen molar-refractivity contribution in [3.8, 4) is 5.75 Å². The molecule has 6 rings (SSSR count). The third-order valence-corrected chi connectivity index (χ3v) is 10.2. The van der Waals surface area contributed by atoms with Crippen LogP contribution in [-0.2, 0) is 20.8 Å². The van der Waals surface area contributed by atoms with E-state index < -0.39 is 5.92 Å². The molecule has 0 saturated heterocycles. The second-order valence-electron chi connectivity index (χ2n) is 14.8. The van der Waals surface area contributed by atoms with Crippen molar-refractivity contribution in [2.75, 3.05) is 18.5 Å². The third kappa shape index (κ3) is 7.01. The summed E-state index contributed by atoms with van der Waals surface area (Å²) in [5, 5.41) is 2.90. The van der Waals surface area contributed by atoms with Crippen molar-refractivity contribution in [3.05, 3.63) is 116 Å². The van der Waals surface area contributed by atoms with Gasteiger partial charge in [0, 0.05) is 53.5 Å². The summed E-state index contributed by atoms with van der Waals surface area (Å²) in [6.45, 7) is 11.2. The van der Waals surface area contributed by atoms with Gasteiger partial charge in [0.1, 0.15) is 5.75 Å². The Balaban J connectivity index is 1.36. The average molecular weight is 696 g/mol. The van der Waals surface area contributed by atoms with Crippen molar-refractivity contribution in [2.45, 2.75) is 72.6 Å². The van der Waals surface area contributed by atoms with Crippen LogP contribution in [0.2, 0.25) is 0 Å². The van der Waals surface area contributed by atoms with Crippen LogP contribution in [0.1, 0.15) is 76.0 Å². The predicted molar refractivity (Wildman–Crippen MR) is 189 cm³/mol. The first-order valence-electron chi connectivity index (χ1n) is 16.4. The second kappa shape index (κ2) is 12.9. The molecule has 0 saturated carbocycles. The molecule has 3 aromatic carbocycles. The second-order valence-corrected chi connectivity index (χ2v) is 15.6. The van der Waals surface area contributed by atoms with Crippen molar-refractivity contribution < 1.29 is 19.1 Å². The van der Waals surface area contributed by atoms with Gasteiger partial charge in [0.25, 0.3) is 5.91 Å². The number of benzene rings is 3. The molecule has 0 aromatic heterocycles. The Morgan fingerprint density at radius 1 is 0.851 bits per heavy atom. The Bertz CT molecular complexity index is 1750. The van der Waals surface area contributed by atoms with E-state index in [0.29, 0.717) is 29.6 Å². The van der Waals surface area contributed by atoms with Gasteiger partial charge in [0.05, 0.1) is 4.47 Å². The number of ketones is 2. The lowest BCUT2D eigenvalue weighted by molar-refractivity contribution is -0.120. The number of allylic oxidation sites excluding steroid dienone is 4. The Labute approximate surface area is 286 Å². The van der Waals surface area contributed by atoms with Crippen LogP contribution in [0, 0.1) is 17.8 Å². The van der Waals surface area contributed by atoms with Gasteiger partial charge >= 0.3 is 0 Å². The van der Waals surface area contributed by atoms with Gasteiger partial charge in [-0.2, -0.15) is 0 Å². The van der Waals surface area contributed by atoms with Crippen molar-refractivity contribution in [1.82, 2.24) is 4.90 Å². The van der Waals surface area contributed by atoms with E-state index in [9.17, 15) is 14.4 Å². The molecule has 1 N–H and O–H groups in total. The minimum atomic E-state index is -0.449. The molecule has 0 fully saturated rings. The van der Waals surface area contributed by atoms with Crippen LogP contribution >= 0.6 is 15.9 Å². The third-order valence-electron chi connectivity index (χ3n) is 9.56. The van der Waals surface area contributed by atoms with Gasteiger partial charge < -0.3 is 15.0 Å². The lowest BCUT2D eigenvalue weighted by Crippen LogP contribution is -2.45. The number of para-hydroxylation sites is 1. The number of nitrogens with one attached hydrogen (secondary N) is 1. The fraction of sp³-hybridized carbons (Fsp3) is 0.375. The molecule has 244 valence electrons. The van der Waals surface area contributed by atoms with Crippen LogP contribution < -0.4 is 10.1 Å². The number of amides is 1. The Morgan fingerprint density at radius 2 is 1.45 bits per heavy atom. The van der Waals surface area contributed by atoms with E-state index in [1.807, 2.05) is 55.5 Å². The summed E-state index contributed by atoms with van der Waals surface area (Å²) in [5.74, 6) is 0.0343. The molecule has 0 unspecified atom stereocenters. The first-order valence-corrected chi connectivity index (χ1v) is 17.2. The minimum absolute atomic E-state index is 0.111. The molecule has 1 amide bonds. The number of carbonyl (C=O) groups is 3. The monoisotopic (exact) mass is 694 g/mol. The number of carbonyl (C=O) groups excluding carboxylic acids is 3. The van der Waals surface area contributed by atoms with E-state index in [4.69, 9.17) is 4.74 Å². The molecule has 47 heavy (non-hydrogen) atoms. The lowest BCUT2D eigenvalue weighted by atomic mass is 9.63. The molecule has 0 atom stereocenters. The van der Waals surface area contributed by atoms with Gasteiger partial charge in [-0.05, 0) is 87.8 Å². The summed E-state index contributed by atoms with van der Waals surface area (Å²) in [4.78, 5) is 43.3. The number of halogens is 1. The van der Waals surface area contributed by atoms with Gasteiger partial charge in [-0.15, -0.1) is 0 Å². The summed E-state index contributed by atoms with van der Waals surface area (Å²) in [5.41, 5.74) is 7.07. The molecule has 6 nitrogen and oxygen atoms in total. The van der Waals surface area contributed by atoms with E-state index in [-0.39, 0.29) is 34.9 Å². The summed E-state index contributed by atoms with van der Waals surface area (Å²) in [6.07, 6.45) is 3.23. The molecule has 3 aliphatic rings. The number of rotatable bonds is 8. The number of hydrogen-bond donors (Lipinski definition) is 1. The van der Waals surface area contributed by atoms with E-state index in [1.54, 1.807) is 0 Å². The van der Waals surface area contributed by atoms with Crippen molar-refractivity contribution in [3.63, 3.8) is 0 Å². The lowest BCUT2D eigenvalue weighted by Gasteiger charge is -2.49. The van der Waals surface area contributed by atoms with Crippen molar-refractivity contribution in [2.24, 2.45) is 10.8 Å². The highest BCUT2D eigenvalue weighted by Gasteiger charge is 2.49. The van der Waals surface area contributed by atoms with Crippen molar-refractivity contribution >= 4 is 39.1 Å². The normalized spacial score (nSPS) is 19.0. The summed E-state index contributed by atoms with van der Waals surface area (Å²) >= 11 is 3.68. The molecule has 1 aliphatic heterocycles. The molecule has 1 heterocycles. The van der Waals surface area contributed by atoms with E-state index in [1.165, 1.54) is 5.56 Å². The van der Waals surface area contributed by atoms with E-state index in [2.05, 4.69) is 78.1 Å². The molecule has 0 radical (unpaired) electrons. The predicted octanol–water partition coefficient (Wildman–Crippen LogP) is 8.70. The Hall–Kier alpha value is -3.97. The van der Waals surface area contributed by atoms with Gasteiger partial charge in [-0.1, -0.05) is 82.3 Å². The van der Waals surface area contributed by atoms with Gasteiger partial charge in [0.15, 0.2) is 18.2 Å². The highest BCUT2D eigenvalue weighted by molar-refractivity contribution is 9.10. The zero-order valence-corrected chi connectivity index (χ0v) is 29.5. The average Bonchev–Trinajstić information content (AvgIpc) is 2.99. The Morgan fingerprint density at radius 3 is 2.04 bits per heavy atom. The Kier molecular flexibility index (Phi) is 9.05. The molecule has 2 aliphatic carbocycles. The molecule has 0 spiro atoms. The highest BCUT2D eigenvalue weighted by Crippen LogP contribution is 2.54. The number of Topliss-reactive ketones (excluding diaryl/α,β-unsaturated/α-hetero) is 2. The maximum absolute atomic E-state index is 14.2. The zero-order valence-electron chi connectivity index (χ0n) is 27.9. The maximum atomic E-state index is 14.2. The summed E-state index contributed by atoms with van der Waals surface area (Å²) in [6, 6.07) is 23.7. The molecule has 3 aromatic rings. The van der Waals surface area contributed by atoms with Crippen LogP contribution in [-0.4, -0.2) is 35.5 Å². The molecule has 7 heteroatoms. The SMILES string of the molecule is Cc1ccccc1NC(=O)COc1ccc(C2C3=C(CC(C)(C)CC3=O)N(CCc3ccccc3)C3=C2C(=O)CC(C)(C)C3)cc1Br. The number of hydrogen-bond acceptors (Lipinski definition) is 5. The fourth-order valence-electron chi connectivity index (χ4n) is 7.39. The zero-order chi connectivity index (χ0) is 33.5. The molecule has 0 bridgehead atoms. The van der Waals surface area contributed by atoms with Crippen LogP contribution in [0.25, 0.3) is 0 Å². The van der Waals surface area contributed by atoms with E-state index >= 15 is 0 Å². The van der Waals surface area contributed by atoms with Crippen LogP contribution in [0.5, 0.6) is 5.75 Å². The summed E-state index contributed by atoms with van der Waals surface area (Å²) in [7, 11) is 0. The maximum Gasteiger partial charge on any atom is 0.262 e. The standard InChI is InChI=1S/C40H43BrN2O4/c1-25-11-9-10-14-29(25)42-35(46)24-47-34-16-15-27(19-28(34)41)36-37-30(20-39(2,3)22-32(37)44)43(18-17-26-12-7-6-8-13-26)31-21-40(4,5)23-33(45)38(31)36/h6-16,19,36H,17-18,20-24H2,1-5H3,(H,42,46). The van der Waals surface area contributed by atoms with Gasteiger partial charge in [0.2, 0.25) is 0 Å². The number of aryl methyl sites for hydroxylation is 1. The fourth-order valence-corrected chi connectivity index (χ4v) is 7.90. The largest absolute Gasteiger partial charge is 0.483 e. The number of nitrogens with zero attached hydrogens (tertiary/aromatic N) is 1. The number of ether oxygens (including phenoxy) is 1. The quantitative estimate of drug-likeness (QED) is 0.255. The first-order chi connectivity index (χ1) is 22.3. The number of anilines is 1. The van der Waals surface area contributed by atoms with E-state index in [0.717, 1.165) is 58.6 Å².